The van der Waals surface area contributed by atoms with Crippen molar-refractivity contribution in [3.63, 3.8) is 0 Å². The number of likely N-dealkylation sites (tertiary alicyclic amines) is 1. The molecule has 1 heterocycles. The highest BCUT2D eigenvalue weighted by molar-refractivity contribution is 7.99. The number of hydrogen-bond donors (Lipinski definition) is 1. The van der Waals surface area contributed by atoms with Crippen LogP contribution in [0.3, 0.4) is 0 Å². The summed E-state index contributed by atoms with van der Waals surface area (Å²) in [5.41, 5.74) is 0. The number of rotatable bonds is 7. The third kappa shape index (κ3) is 5.89. The molecule has 0 atom stereocenters. The van der Waals surface area contributed by atoms with Crippen LogP contribution in [0.1, 0.15) is 25.7 Å². The zero-order valence-corrected chi connectivity index (χ0v) is 14.1. The molecule has 0 saturated carbocycles. The predicted octanol–water partition coefficient (Wildman–Crippen LogP) is 2.95. The van der Waals surface area contributed by atoms with Gasteiger partial charge in [0.05, 0.1) is 6.54 Å². The zero-order chi connectivity index (χ0) is 15.8. The van der Waals surface area contributed by atoms with Gasteiger partial charge in [0.15, 0.2) is 0 Å². The highest BCUT2D eigenvalue weighted by Crippen LogP contribution is 2.20. The van der Waals surface area contributed by atoms with Gasteiger partial charge in [0.2, 0.25) is 11.8 Å². The molecular weight excluding hydrogens is 320 g/mol. The second kappa shape index (κ2) is 9.06. The van der Waals surface area contributed by atoms with E-state index in [9.17, 15) is 9.59 Å². The number of amides is 2. The van der Waals surface area contributed by atoms with Crippen LogP contribution in [0.5, 0.6) is 0 Å². The molecule has 0 bridgehead atoms. The number of nitrogens with one attached hydrogen (secondary N) is 1. The number of halogens is 1. The molecule has 2 rings (SSSR count). The lowest BCUT2D eigenvalue weighted by Gasteiger charge is -2.25. The number of carbonyl (C=O) groups excluding carboxylic acids is 2. The molecule has 1 N–H and O–H groups in total. The Morgan fingerprint density at radius 3 is 2.77 bits per heavy atom. The molecular formula is C16H21ClN2O2S. The molecule has 2 amide bonds. The van der Waals surface area contributed by atoms with Gasteiger partial charge in [-0.15, -0.1) is 11.8 Å². The molecule has 1 aliphatic heterocycles. The minimum Gasteiger partial charge on any atom is -0.355 e. The summed E-state index contributed by atoms with van der Waals surface area (Å²) >= 11 is 7.58. The van der Waals surface area contributed by atoms with Crippen molar-refractivity contribution in [3.8, 4) is 0 Å². The molecule has 4 nitrogen and oxygen atoms in total. The molecule has 0 unspecified atom stereocenters. The molecule has 0 aromatic heterocycles. The van der Waals surface area contributed by atoms with E-state index >= 15 is 0 Å². The number of nitrogens with zero attached hydrogens (tertiary/aromatic N) is 1. The summed E-state index contributed by atoms with van der Waals surface area (Å²) in [4.78, 5) is 26.3. The van der Waals surface area contributed by atoms with Gasteiger partial charge in [-0.3, -0.25) is 9.59 Å². The quantitative estimate of drug-likeness (QED) is 0.613. The first kappa shape index (κ1) is 17.2. The van der Waals surface area contributed by atoms with Gasteiger partial charge in [-0.05, 0) is 49.3 Å². The first-order chi connectivity index (χ1) is 10.6. The third-order valence-corrected chi connectivity index (χ3v) is 4.83. The van der Waals surface area contributed by atoms with Crippen molar-refractivity contribution in [2.75, 3.05) is 25.4 Å². The van der Waals surface area contributed by atoms with Gasteiger partial charge in [-0.1, -0.05) is 11.6 Å². The topological polar surface area (TPSA) is 49.4 Å². The van der Waals surface area contributed by atoms with Gasteiger partial charge in [0.1, 0.15) is 0 Å². The van der Waals surface area contributed by atoms with E-state index < -0.39 is 0 Å². The van der Waals surface area contributed by atoms with E-state index in [-0.39, 0.29) is 18.4 Å². The molecule has 0 spiro atoms. The van der Waals surface area contributed by atoms with Crippen LogP contribution in [0.25, 0.3) is 0 Å². The van der Waals surface area contributed by atoms with Crippen molar-refractivity contribution in [2.24, 2.45) is 0 Å². The van der Waals surface area contributed by atoms with Crippen molar-refractivity contribution in [1.82, 2.24) is 10.2 Å². The normalized spacial score (nSPS) is 15.0. The average Bonchev–Trinajstić information content (AvgIpc) is 2.51. The number of piperidine rings is 1. The fourth-order valence-electron chi connectivity index (χ4n) is 2.28. The Hall–Kier alpha value is -1.20. The van der Waals surface area contributed by atoms with E-state index in [4.69, 9.17) is 11.6 Å². The van der Waals surface area contributed by atoms with Gasteiger partial charge in [-0.2, -0.15) is 0 Å². The molecule has 1 aliphatic rings. The molecule has 120 valence electrons. The van der Waals surface area contributed by atoms with Crippen LogP contribution in [0, 0.1) is 0 Å². The van der Waals surface area contributed by atoms with E-state index in [1.165, 1.54) is 4.90 Å². The van der Waals surface area contributed by atoms with Crippen LogP contribution in [0.15, 0.2) is 29.2 Å². The Morgan fingerprint density at radius 2 is 2.05 bits per heavy atom. The lowest BCUT2D eigenvalue weighted by Crippen LogP contribution is -2.43. The molecule has 22 heavy (non-hydrogen) atoms. The third-order valence-electron chi connectivity index (χ3n) is 3.48. The lowest BCUT2D eigenvalue weighted by molar-refractivity contribution is -0.137. The summed E-state index contributed by atoms with van der Waals surface area (Å²) in [6.45, 7) is 1.54. The number of benzene rings is 1. The molecule has 1 aromatic rings. The predicted molar refractivity (Wildman–Crippen MR) is 90.2 cm³/mol. The van der Waals surface area contributed by atoms with Crippen LogP contribution in [-0.2, 0) is 9.59 Å². The minimum absolute atomic E-state index is 0.0632. The summed E-state index contributed by atoms with van der Waals surface area (Å²) < 4.78 is 0. The minimum atomic E-state index is -0.0632. The second-order valence-electron chi connectivity index (χ2n) is 5.28. The maximum absolute atomic E-state index is 11.8. The molecule has 0 aliphatic carbocycles. The highest BCUT2D eigenvalue weighted by atomic mass is 35.5. The maximum Gasteiger partial charge on any atom is 0.239 e. The van der Waals surface area contributed by atoms with Crippen molar-refractivity contribution >= 4 is 35.2 Å². The Morgan fingerprint density at radius 1 is 1.27 bits per heavy atom. The molecule has 6 heteroatoms. The molecule has 1 aromatic carbocycles. The summed E-state index contributed by atoms with van der Waals surface area (Å²) in [7, 11) is 0. The highest BCUT2D eigenvalue weighted by Gasteiger charge is 2.19. The smallest absolute Gasteiger partial charge is 0.239 e. The Kier molecular flexibility index (Phi) is 7.06. The van der Waals surface area contributed by atoms with Crippen LogP contribution >= 0.6 is 23.4 Å². The number of thioether (sulfide) groups is 1. The monoisotopic (exact) mass is 340 g/mol. The largest absolute Gasteiger partial charge is 0.355 e. The fraction of sp³-hybridized carbons (Fsp3) is 0.500. The maximum atomic E-state index is 11.8. The number of hydrogen-bond acceptors (Lipinski definition) is 3. The lowest BCUT2D eigenvalue weighted by atomic mass is 10.1. The SMILES string of the molecule is O=C(CN1CCCCC1=O)NCCCSc1ccc(Cl)cc1. The summed E-state index contributed by atoms with van der Waals surface area (Å²) in [6, 6.07) is 7.74. The fourth-order valence-corrected chi connectivity index (χ4v) is 3.26. The zero-order valence-electron chi connectivity index (χ0n) is 12.5. The summed E-state index contributed by atoms with van der Waals surface area (Å²) in [5.74, 6) is 0.969. The van der Waals surface area contributed by atoms with E-state index in [2.05, 4.69) is 5.32 Å². The Bertz CT molecular complexity index is 507. The first-order valence-electron chi connectivity index (χ1n) is 7.58. The van der Waals surface area contributed by atoms with Crippen LogP contribution < -0.4 is 5.32 Å². The van der Waals surface area contributed by atoms with Crippen molar-refractivity contribution in [3.05, 3.63) is 29.3 Å². The van der Waals surface area contributed by atoms with E-state index in [0.717, 1.165) is 30.0 Å². The van der Waals surface area contributed by atoms with Crippen LogP contribution in [-0.4, -0.2) is 42.1 Å². The van der Waals surface area contributed by atoms with Gasteiger partial charge in [-0.25, -0.2) is 0 Å². The van der Waals surface area contributed by atoms with E-state index in [1.54, 1.807) is 16.7 Å². The molecule has 1 fully saturated rings. The molecule has 0 radical (unpaired) electrons. The van der Waals surface area contributed by atoms with Crippen LogP contribution in [0.4, 0.5) is 0 Å². The Labute approximate surface area is 140 Å². The van der Waals surface area contributed by atoms with Crippen molar-refractivity contribution < 1.29 is 9.59 Å². The number of carbonyl (C=O) groups is 2. The van der Waals surface area contributed by atoms with Crippen molar-refractivity contribution in [2.45, 2.75) is 30.6 Å². The van der Waals surface area contributed by atoms with Crippen molar-refractivity contribution in [1.29, 1.82) is 0 Å². The van der Waals surface area contributed by atoms with Gasteiger partial charge in [0, 0.05) is 29.4 Å². The first-order valence-corrected chi connectivity index (χ1v) is 8.94. The standard InChI is InChI=1S/C16H21ClN2O2S/c17-13-5-7-14(8-6-13)22-11-3-9-18-15(20)12-19-10-2-1-4-16(19)21/h5-8H,1-4,9-12H2,(H,18,20). The van der Waals surface area contributed by atoms with Gasteiger partial charge < -0.3 is 10.2 Å². The second-order valence-corrected chi connectivity index (χ2v) is 6.88. The summed E-state index contributed by atoms with van der Waals surface area (Å²) in [5, 5.41) is 3.62. The summed E-state index contributed by atoms with van der Waals surface area (Å²) in [6.07, 6.45) is 3.41. The van der Waals surface area contributed by atoms with E-state index in [0.29, 0.717) is 19.5 Å². The Balaban J connectivity index is 1.57. The van der Waals surface area contributed by atoms with Gasteiger partial charge >= 0.3 is 0 Å². The van der Waals surface area contributed by atoms with Crippen LogP contribution in [0.2, 0.25) is 5.02 Å². The average molecular weight is 341 g/mol. The van der Waals surface area contributed by atoms with E-state index in [1.807, 2.05) is 24.3 Å². The van der Waals surface area contributed by atoms with Gasteiger partial charge in [0.25, 0.3) is 0 Å². The molecule has 1 saturated heterocycles.